The van der Waals surface area contributed by atoms with Crippen molar-refractivity contribution in [2.24, 2.45) is 0 Å². The van der Waals surface area contributed by atoms with E-state index in [0.29, 0.717) is 18.8 Å². The predicted octanol–water partition coefficient (Wildman–Crippen LogP) is 2.41. The Bertz CT molecular complexity index is 604. The lowest BCUT2D eigenvalue weighted by atomic mass is 10.1. The summed E-state index contributed by atoms with van der Waals surface area (Å²) in [4.78, 5) is 18.4. The number of piperidine rings is 1. The molecule has 124 valence electrons. The topological polar surface area (TPSA) is 67.3 Å². The maximum absolute atomic E-state index is 12.5. The van der Waals surface area contributed by atoms with Gasteiger partial charge in [0.25, 0.3) is 0 Å². The van der Waals surface area contributed by atoms with Crippen LogP contribution in [0.3, 0.4) is 0 Å². The number of hydrogen-bond acceptors (Lipinski definition) is 5. The molecule has 0 bridgehead atoms. The number of carbonyl (C=O) groups is 1. The molecular weight excluding hydrogens is 320 g/mol. The molecule has 5 nitrogen and oxygen atoms in total. The first kappa shape index (κ1) is 17.4. The molecule has 0 aromatic carbocycles. The molecule has 2 heterocycles. The Hall–Kier alpha value is -0.950. The molecule has 1 atom stereocenters. The molecule has 1 aromatic heterocycles. The van der Waals surface area contributed by atoms with Gasteiger partial charge in [-0.05, 0) is 39.0 Å². The summed E-state index contributed by atoms with van der Waals surface area (Å²) in [5.74, 6) is -0.405. The molecule has 22 heavy (non-hydrogen) atoms. The van der Waals surface area contributed by atoms with E-state index >= 15 is 0 Å². The number of amides is 1. The molecule has 0 aliphatic carbocycles. The van der Waals surface area contributed by atoms with E-state index in [1.807, 2.05) is 0 Å². The molecule has 1 aliphatic heterocycles. The van der Waals surface area contributed by atoms with Crippen LogP contribution in [-0.2, 0) is 26.8 Å². The van der Waals surface area contributed by atoms with Gasteiger partial charge in [-0.25, -0.2) is 13.4 Å². The zero-order chi connectivity index (χ0) is 16.2. The molecule has 2 rings (SSSR count). The third kappa shape index (κ3) is 4.29. The summed E-state index contributed by atoms with van der Waals surface area (Å²) >= 11 is 1.49. The molecule has 0 N–H and O–H groups in total. The minimum Gasteiger partial charge on any atom is -0.342 e. The van der Waals surface area contributed by atoms with Crippen molar-refractivity contribution in [3.63, 3.8) is 0 Å². The van der Waals surface area contributed by atoms with Gasteiger partial charge in [-0.2, -0.15) is 0 Å². The Kier molecular flexibility index (Phi) is 5.97. The molecule has 1 fully saturated rings. The largest absolute Gasteiger partial charge is 0.342 e. The van der Waals surface area contributed by atoms with E-state index in [1.54, 1.807) is 10.3 Å². The van der Waals surface area contributed by atoms with Crippen molar-refractivity contribution >= 4 is 27.1 Å². The van der Waals surface area contributed by atoms with E-state index in [4.69, 9.17) is 0 Å². The Morgan fingerprint density at radius 3 is 2.68 bits per heavy atom. The number of aryl methyl sites for hydroxylation is 1. The van der Waals surface area contributed by atoms with Gasteiger partial charge in [0.15, 0.2) is 9.84 Å². The van der Waals surface area contributed by atoms with E-state index < -0.39 is 15.1 Å². The number of rotatable bonds is 6. The summed E-state index contributed by atoms with van der Waals surface area (Å²) in [5, 5.41) is 1.77. The molecule has 0 spiro atoms. The zero-order valence-corrected chi connectivity index (χ0v) is 14.9. The van der Waals surface area contributed by atoms with Gasteiger partial charge in [0.1, 0.15) is 5.25 Å². The fourth-order valence-electron chi connectivity index (χ4n) is 2.60. The molecule has 7 heteroatoms. The average Bonchev–Trinajstić information content (AvgIpc) is 2.93. The summed E-state index contributed by atoms with van der Waals surface area (Å²) in [6.45, 7) is 4.93. The monoisotopic (exact) mass is 344 g/mol. The zero-order valence-electron chi connectivity index (χ0n) is 13.2. The lowest BCUT2D eigenvalue weighted by Gasteiger charge is -2.29. The molecule has 1 aliphatic rings. The Morgan fingerprint density at radius 2 is 2.05 bits per heavy atom. The number of carbonyl (C=O) groups excluding carboxylic acids is 1. The number of sulfone groups is 1. The van der Waals surface area contributed by atoms with Crippen molar-refractivity contribution < 1.29 is 13.2 Å². The number of aromatic nitrogens is 1. The highest BCUT2D eigenvalue weighted by atomic mass is 32.2. The quantitative estimate of drug-likeness (QED) is 0.795. The smallest absolute Gasteiger partial charge is 0.240 e. The van der Waals surface area contributed by atoms with Crippen LogP contribution >= 0.6 is 11.3 Å². The van der Waals surface area contributed by atoms with Crippen LogP contribution < -0.4 is 0 Å². The van der Waals surface area contributed by atoms with Crippen LogP contribution in [-0.4, -0.2) is 42.5 Å². The van der Waals surface area contributed by atoms with E-state index in [-0.39, 0.29) is 11.7 Å². The van der Waals surface area contributed by atoms with Crippen LogP contribution in [0.25, 0.3) is 0 Å². The van der Waals surface area contributed by atoms with Gasteiger partial charge < -0.3 is 4.90 Å². The van der Waals surface area contributed by atoms with Crippen LogP contribution in [0.2, 0.25) is 0 Å². The Balaban J connectivity index is 2.02. The number of hydrogen-bond donors (Lipinski definition) is 0. The standard InChI is InChI=1S/C15H24N2O3S2/c1-3-7-14-16-13(10-21-14)11-22(19,20)12(2)15(18)17-8-5-4-6-9-17/h10,12H,3-9,11H2,1-2H3. The number of likely N-dealkylation sites (tertiary alicyclic amines) is 1. The maximum Gasteiger partial charge on any atom is 0.240 e. The van der Waals surface area contributed by atoms with Crippen LogP contribution in [0.1, 0.15) is 50.2 Å². The highest BCUT2D eigenvalue weighted by Crippen LogP contribution is 2.19. The van der Waals surface area contributed by atoms with Gasteiger partial charge >= 0.3 is 0 Å². The second-order valence-corrected chi connectivity index (χ2v) is 9.08. The van der Waals surface area contributed by atoms with Gasteiger partial charge in [-0.1, -0.05) is 6.92 Å². The fourth-order valence-corrected chi connectivity index (χ4v) is 4.87. The van der Waals surface area contributed by atoms with E-state index in [9.17, 15) is 13.2 Å². The van der Waals surface area contributed by atoms with Crippen LogP contribution in [0.5, 0.6) is 0 Å². The van der Waals surface area contributed by atoms with E-state index in [2.05, 4.69) is 11.9 Å². The first-order valence-corrected chi connectivity index (χ1v) is 10.5. The van der Waals surface area contributed by atoms with Crippen LogP contribution in [0, 0.1) is 0 Å². The fraction of sp³-hybridized carbons (Fsp3) is 0.733. The summed E-state index contributed by atoms with van der Waals surface area (Å²) in [5.41, 5.74) is 0.562. The van der Waals surface area contributed by atoms with Crippen LogP contribution in [0.4, 0.5) is 0 Å². The molecule has 1 unspecified atom stereocenters. The highest BCUT2D eigenvalue weighted by Gasteiger charge is 2.32. The molecule has 1 saturated heterocycles. The van der Waals surface area contributed by atoms with E-state index in [1.165, 1.54) is 18.3 Å². The van der Waals surface area contributed by atoms with Crippen molar-refractivity contribution in [1.82, 2.24) is 9.88 Å². The van der Waals surface area contributed by atoms with Gasteiger partial charge in [0, 0.05) is 18.5 Å². The predicted molar refractivity (Wildman–Crippen MR) is 88.6 cm³/mol. The first-order chi connectivity index (χ1) is 10.4. The average molecular weight is 345 g/mol. The lowest BCUT2D eigenvalue weighted by molar-refractivity contribution is -0.131. The lowest BCUT2D eigenvalue weighted by Crippen LogP contribution is -2.44. The van der Waals surface area contributed by atoms with Crippen molar-refractivity contribution in [3.05, 3.63) is 16.1 Å². The van der Waals surface area contributed by atoms with Crippen molar-refractivity contribution in [3.8, 4) is 0 Å². The first-order valence-electron chi connectivity index (χ1n) is 7.87. The normalized spacial score (nSPS) is 17.5. The maximum atomic E-state index is 12.5. The third-order valence-electron chi connectivity index (χ3n) is 3.97. The second kappa shape index (κ2) is 7.55. The molecule has 0 radical (unpaired) electrons. The summed E-state index contributed by atoms with van der Waals surface area (Å²) in [7, 11) is -3.51. The van der Waals surface area contributed by atoms with E-state index in [0.717, 1.165) is 37.1 Å². The molecule has 1 amide bonds. The minimum absolute atomic E-state index is 0.145. The van der Waals surface area contributed by atoms with Crippen molar-refractivity contribution in [2.45, 2.75) is 57.0 Å². The van der Waals surface area contributed by atoms with Crippen molar-refractivity contribution in [2.75, 3.05) is 13.1 Å². The summed E-state index contributed by atoms with van der Waals surface area (Å²) < 4.78 is 24.9. The summed E-state index contributed by atoms with van der Waals surface area (Å²) in [6.07, 6.45) is 4.90. The van der Waals surface area contributed by atoms with Gasteiger partial charge in [0.2, 0.25) is 5.91 Å². The van der Waals surface area contributed by atoms with Gasteiger partial charge in [0.05, 0.1) is 16.5 Å². The highest BCUT2D eigenvalue weighted by molar-refractivity contribution is 7.92. The van der Waals surface area contributed by atoms with Gasteiger partial charge in [-0.15, -0.1) is 11.3 Å². The number of thiazole rings is 1. The minimum atomic E-state index is -3.51. The van der Waals surface area contributed by atoms with Crippen LogP contribution in [0.15, 0.2) is 5.38 Å². The second-order valence-electron chi connectivity index (χ2n) is 5.82. The van der Waals surface area contributed by atoms with Gasteiger partial charge in [-0.3, -0.25) is 4.79 Å². The molecule has 1 aromatic rings. The SMILES string of the molecule is CCCc1nc(CS(=O)(=O)C(C)C(=O)N2CCCCC2)cs1. The number of nitrogens with zero attached hydrogens (tertiary/aromatic N) is 2. The Morgan fingerprint density at radius 1 is 1.36 bits per heavy atom. The molecule has 0 saturated carbocycles. The third-order valence-corrected chi connectivity index (χ3v) is 6.90. The summed E-state index contributed by atoms with van der Waals surface area (Å²) in [6, 6.07) is 0. The Labute approximate surface area is 136 Å². The molecular formula is C15H24N2O3S2. The van der Waals surface area contributed by atoms with Crippen molar-refractivity contribution in [1.29, 1.82) is 0 Å².